The SMILES string of the molecule is CCCCCCCC(=O)CC1OCCc2ccccc21. The lowest BCUT2D eigenvalue weighted by molar-refractivity contribution is -0.122. The molecular weight excluding hydrogens is 248 g/mol. The zero-order valence-electron chi connectivity index (χ0n) is 12.6. The van der Waals surface area contributed by atoms with Gasteiger partial charge in [0.25, 0.3) is 0 Å². The third kappa shape index (κ3) is 4.45. The lowest BCUT2D eigenvalue weighted by atomic mass is 9.93. The van der Waals surface area contributed by atoms with Crippen molar-refractivity contribution in [3.63, 3.8) is 0 Å². The molecule has 1 unspecified atom stereocenters. The van der Waals surface area contributed by atoms with Crippen molar-refractivity contribution in [2.45, 2.75) is 64.4 Å². The van der Waals surface area contributed by atoms with Gasteiger partial charge in [0.05, 0.1) is 12.7 Å². The molecule has 2 nitrogen and oxygen atoms in total. The van der Waals surface area contributed by atoms with Gasteiger partial charge in [0.1, 0.15) is 5.78 Å². The van der Waals surface area contributed by atoms with Crippen LogP contribution < -0.4 is 0 Å². The van der Waals surface area contributed by atoms with E-state index in [-0.39, 0.29) is 6.10 Å². The second kappa shape index (κ2) is 8.21. The first-order valence-corrected chi connectivity index (χ1v) is 8.02. The van der Waals surface area contributed by atoms with Crippen molar-refractivity contribution in [1.82, 2.24) is 0 Å². The summed E-state index contributed by atoms with van der Waals surface area (Å²) in [5, 5.41) is 0. The number of ether oxygens (including phenoxy) is 1. The van der Waals surface area contributed by atoms with E-state index in [2.05, 4.69) is 25.1 Å². The maximum Gasteiger partial charge on any atom is 0.135 e. The van der Waals surface area contributed by atoms with E-state index < -0.39 is 0 Å². The highest BCUT2D eigenvalue weighted by molar-refractivity contribution is 5.79. The van der Waals surface area contributed by atoms with Crippen molar-refractivity contribution in [2.75, 3.05) is 6.61 Å². The summed E-state index contributed by atoms with van der Waals surface area (Å²) in [6.07, 6.45) is 8.23. The Bertz CT molecular complexity index is 425. The Kier molecular flexibility index (Phi) is 6.25. The van der Waals surface area contributed by atoms with E-state index in [0.29, 0.717) is 18.6 Å². The Morgan fingerprint density at radius 3 is 2.85 bits per heavy atom. The molecule has 0 radical (unpaired) electrons. The van der Waals surface area contributed by atoms with Gasteiger partial charge in [0.15, 0.2) is 0 Å². The van der Waals surface area contributed by atoms with Crippen LogP contribution in [-0.2, 0) is 16.0 Å². The van der Waals surface area contributed by atoms with Gasteiger partial charge in [0.2, 0.25) is 0 Å². The van der Waals surface area contributed by atoms with Gasteiger partial charge >= 0.3 is 0 Å². The Balaban J connectivity index is 1.78. The number of Topliss-reactive ketones (excluding diaryl/α,β-unsaturated/α-hetero) is 1. The van der Waals surface area contributed by atoms with Crippen molar-refractivity contribution < 1.29 is 9.53 Å². The molecule has 20 heavy (non-hydrogen) atoms. The minimum absolute atomic E-state index is 0.0110. The van der Waals surface area contributed by atoms with Gasteiger partial charge < -0.3 is 4.74 Å². The second-order valence-corrected chi connectivity index (χ2v) is 5.72. The summed E-state index contributed by atoms with van der Waals surface area (Å²) in [7, 11) is 0. The van der Waals surface area contributed by atoms with Gasteiger partial charge in [-0.3, -0.25) is 4.79 Å². The Labute approximate surface area is 122 Å². The largest absolute Gasteiger partial charge is 0.373 e. The fourth-order valence-corrected chi connectivity index (χ4v) is 2.88. The highest BCUT2D eigenvalue weighted by Gasteiger charge is 2.22. The second-order valence-electron chi connectivity index (χ2n) is 5.72. The van der Waals surface area contributed by atoms with Crippen molar-refractivity contribution in [3.8, 4) is 0 Å². The summed E-state index contributed by atoms with van der Waals surface area (Å²) < 4.78 is 5.80. The number of hydrogen-bond donors (Lipinski definition) is 0. The quantitative estimate of drug-likeness (QED) is 0.646. The summed E-state index contributed by atoms with van der Waals surface area (Å²) in [6, 6.07) is 8.36. The zero-order chi connectivity index (χ0) is 14.2. The molecule has 1 atom stereocenters. The summed E-state index contributed by atoms with van der Waals surface area (Å²) in [6.45, 7) is 2.95. The highest BCUT2D eigenvalue weighted by atomic mass is 16.5. The fourth-order valence-electron chi connectivity index (χ4n) is 2.88. The average Bonchev–Trinajstić information content (AvgIpc) is 2.47. The van der Waals surface area contributed by atoms with Crippen molar-refractivity contribution in [3.05, 3.63) is 35.4 Å². The van der Waals surface area contributed by atoms with Gasteiger partial charge in [-0.15, -0.1) is 0 Å². The van der Waals surface area contributed by atoms with Crippen LogP contribution in [0.2, 0.25) is 0 Å². The number of rotatable bonds is 8. The molecule has 1 heterocycles. The van der Waals surface area contributed by atoms with E-state index in [0.717, 1.165) is 19.4 Å². The topological polar surface area (TPSA) is 26.3 Å². The van der Waals surface area contributed by atoms with Crippen LogP contribution >= 0.6 is 0 Å². The number of unbranched alkanes of at least 4 members (excludes halogenated alkanes) is 4. The molecular formula is C18H26O2. The van der Waals surface area contributed by atoms with E-state index in [1.54, 1.807) is 0 Å². The molecule has 0 saturated carbocycles. The molecule has 0 spiro atoms. The van der Waals surface area contributed by atoms with Crippen LogP contribution in [0, 0.1) is 0 Å². The van der Waals surface area contributed by atoms with Crippen molar-refractivity contribution >= 4 is 5.78 Å². The molecule has 1 aliphatic rings. The number of benzene rings is 1. The van der Waals surface area contributed by atoms with E-state index in [1.165, 1.54) is 36.8 Å². The van der Waals surface area contributed by atoms with E-state index in [9.17, 15) is 4.79 Å². The fraction of sp³-hybridized carbons (Fsp3) is 0.611. The van der Waals surface area contributed by atoms with Gasteiger partial charge in [-0.1, -0.05) is 56.9 Å². The molecule has 1 aromatic rings. The van der Waals surface area contributed by atoms with E-state index in [4.69, 9.17) is 4.74 Å². The summed E-state index contributed by atoms with van der Waals surface area (Å²) >= 11 is 0. The van der Waals surface area contributed by atoms with Crippen LogP contribution in [0.4, 0.5) is 0 Å². The smallest absolute Gasteiger partial charge is 0.135 e. The Morgan fingerprint density at radius 1 is 1.20 bits per heavy atom. The molecule has 0 bridgehead atoms. The normalized spacial score (nSPS) is 17.8. The lowest BCUT2D eigenvalue weighted by Gasteiger charge is -2.25. The predicted octanol–water partition coefficient (Wildman–Crippen LogP) is 4.62. The number of ketones is 1. The molecule has 0 aromatic heterocycles. The molecule has 1 aliphatic heterocycles. The average molecular weight is 274 g/mol. The molecule has 2 heteroatoms. The minimum atomic E-state index is -0.0110. The van der Waals surface area contributed by atoms with Crippen LogP contribution in [0.3, 0.4) is 0 Å². The summed E-state index contributed by atoms with van der Waals surface area (Å²) in [4.78, 5) is 12.1. The Morgan fingerprint density at radius 2 is 2.00 bits per heavy atom. The number of hydrogen-bond acceptors (Lipinski definition) is 2. The minimum Gasteiger partial charge on any atom is -0.373 e. The number of carbonyl (C=O) groups excluding carboxylic acids is 1. The Hall–Kier alpha value is -1.15. The summed E-state index contributed by atoms with van der Waals surface area (Å²) in [5.74, 6) is 0.350. The summed E-state index contributed by atoms with van der Waals surface area (Å²) in [5.41, 5.74) is 2.57. The van der Waals surface area contributed by atoms with Crippen molar-refractivity contribution in [1.29, 1.82) is 0 Å². The maximum atomic E-state index is 12.1. The third-order valence-corrected chi connectivity index (χ3v) is 4.06. The van der Waals surface area contributed by atoms with Gasteiger partial charge in [-0.2, -0.15) is 0 Å². The standard InChI is InChI=1S/C18H26O2/c1-2-3-4-5-6-10-16(19)14-18-17-11-8-7-9-15(17)12-13-20-18/h7-9,11,18H,2-6,10,12-14H2,1H3. The van der Waals surface area contributed by atoms with Gasteiger partial charge in [0, 0.05) is 12.8 Å². The molecule has 110 valence electrons. The lowest BCUT2D eigenvalue weighted by Crippen LogP contribution is -2.19. The van der Waals surface area contributed by atoms with E-state index >= 15 is 0 Å². The molecule has 1 aromatic carbocycles. The zero-order valence-corrected chi connectivity index (χ0v) is 12.6. The van der Waals surface area contributed by atoms with Crippen LogP contribution in [0.5, 0.6) is 0 Å². The molecule has 0 amide bonds. The third-order valence-electron chi connectivity index (χ3n) is 4.06. The number of carbonyl (C=O) groups is 1. The first kappa shape index (κ1) is 15.2. The first-order chi connectivity index (χ1) is 9.81. The highest BCUT2D eigenvalue weighted by Crippen LogP contribution is 2.30. The van der Waals surface area contributed by atoms with Crippen LogP contribution in [0.25, 0.3) is 0 Å². The van der Waals surface area contributed by atoms with Crippen LogP contribution in [0.15, 0.2) is 24.3 Å². The van der Waals surface area contributed by atoms with Crippen LogP contribution in [0.1, 0.15) is 69.1 Å². The van der Waals surface area contributed by atoms with Crippen LogP contribution in [-0.4, -0.2) is 12.4 Å². The van der Waals surface area contributed by atoms with E-state index in [1.807, 2.05) is 6.07 Å². The molecule has 0 saturated heterocycles. The monoisotopic (exact) mass is 274 g/mol. The number of fused-ring (bicyclic) bond motifs is 1. The van der Waals surface area contributed by atoms with Gasteiger partial charge in [-0.05, 0) is 24.0 Å². The molecule has 0 N–H and O–H groups in total. The van der Waals surface area contributed by atoms with Gasteiger partial charge in [-0.25, -0.2) is 0 Å². The molecule has 2 rings (SSSR count). The van der Waals surface area contributed by atoms with Crippen molar-refractivity contribution in [2.24, 2.45) is 0 Å². The molecule has 0 aliphatic carbocycles. The predicted molar refractivity (Wildman–Crippen MR) is 81.8 cm³/mol. The molecule has 0 fully saturated rings. The maximum absolute atomic E-state index is 12.1. The first-order valence-electron chi connectivity index (χ1n) is 8.02.